The van der Waals surface area contributed by atoms with E-state index < -0.39 is 0 Å². The number of nitrogens with zero attached hydrogens (tertiary/aromatic N) is 3. The van der Waals surface area contributed by atoms with Crippen LogP contribution in [0, 0.1) is 6.92 Å². The van der Waals surface area contributed by atoms with Gasteiger partial charge in [-0.15, -0.1) is 0 Å². The van der Waals surface area contributed by atoms with Gasteiger partial charge in [0.25, 0.3) is 0 Å². The molecule has 0 aliphatic rings. The zero-order valence-electron chi connectivity index (χ0n) is 12.9. The van der Waals surface area contributed by atoms with Crippen LogP contribution in [-0.4, -0.2) is 34.5 Å². The van der Waals surface area contributed by atoms with E-state index in [-0.39, 0.29) is 18.1 Å². The number of esters is 1. The maximum Gasteiger partial charge on any atom is 0.350 e. The third-order valence-corrected chi connectivity index (χ3v) is 3.29. The van der Waals surface area contributed by atoms with Crippen molar-refractivity contribution in [2.24, 2.45) is 0 Å². The van der Waals surface area contributed by atoms with Gasteiger partial charge in [0.1, 0.15) is 11.6 Å². The van der Waals surface area contributed by atoms with Crippen molar-refractivity contribution in [3.05, 3.63) is 40.6 Å². The van der Waals surface area contributed by atoms with Crippen LogP contribution in [0.3, 0.4) is 0 Å². The molecule has 2 rings (SSSR count). The molecule has 0 unspecified atom stereocenters. The number of hydrogen-bond acceptors (Lipinski definition) is 5. The highest BCUT2D eigenvalue weighted by molar-refractivity contribution is 5.68. The molecule has 7 heteroatoms. The molecular formula is C15H19N3O4. The summed E-state index contributed by atoms with van der Waals surface area (Å²) in [5.41, 5.74) is 0.455. The van der Waals surface area contributed by atoms with Crippen molar-refractivity contribution in [3.63, 3.8) is 0 Å². The SMILES string of the molecule is COC(=O)CCCn1nc(C)n(-c2cccc(OC)c2)c1=O. The van der Waals surface area contributed by atoms with Crippen molar-refractivity contribution in [1.29, 1.82) is 0 Å². The normalized spacial score (nSPS) is 10.5. The van der Waals surface area contributed by atoms with E-state index in [4.69, 9.17) is 4.74 Å². The van der Waals surface area contributed by atoms with Crippen molar-refractivity contribution < 1.29 is 14.3 Å². The molecule has 1 aromatic carbocycles. The summed E-state index contributed by atoms with van der Waals surface area (Å²) in [4.78, 5) is 23.5. The number of hydrogen-bond donors (Lipinski definition) is 0. The summed E-state index contributed by atoms with van der Waals surface area (Å²) in [5, 5.41) is 4.24. The Morgan fingerprint density at radius 1 is 1.32 bits per heavy atom. The van der Waals surface area contributed by atoms with Crippen LogP contribution in [0.2, 0.25) is 0 Å². The molecule has 0 spiro atoms. The lowest BCUT2D eigenvalue weighted by Gasteiger charge is -2.05. The maximum atomic E-state index is 12.4. The molecule has 7 nitrogen and oxygen atoms in total. The number of carbonyl (C=O) groups is 1. The second-order valence-corrected chi connectivity index (χ2v) is 4.77. The number of aryl methyl sites for hydroxylation is 2. The third-order valence-electron chi connectivity index (χ3n) is 3.29. The van der Waals surface area contributed by atoms with E-state index >= 15 is 0 Å². The van der Waals surface area contributed by atoms with E-state index in [2.05, 4.69) is 9.84 Å². The molecule has 0 saturated carbocycles. The Balaban J connectivity index is 2.23. The highest BCUT2D eigenvalue weighted by atomic mass is 16.5. The van der Waals surface area contributed by atoms with E-state index in [1.54, 1.807) is 20.1 Å². The van der Waals surface area contributed by atoms with E-state index in [0.717, 1.165) is 0 Å². The van der Waals surface area contributed by atoms with Crippen molar-refractivity contribution in [2.75, 3.05) is 14.2 Å². The Bertz CT molecular complexity index is 718. The van der Waals surface area contributed by atoms with Gasteiger partial charge in [-0.1, -0.05) is 6.07 Å². The van der Waals surface area contributed by atoms with Crippen molar-refractivity contribution >= 4 is 5.97 Å². The zero-order valence-corrected chi connectivity index (χ0v) is 12.9. The van der Waals surface area contributed by atoms with Gasteiger partial charge >= 0.3 is 11.7 Å². The Labute approximate surface area is 128 Å². The second kappa shape index (κ2) is 6.93. The lowest BCUT2D eigenvalue weighted by molar-refractivity contribution is -0.140. The molecule has 2 aromatic rings. The first-order valence-corrected chi connectivity index (χ1v) is 6.94. The van der Waals surface area contributed by atoms with Gasteiger partial charge in [-0.25, -0.2) is 14.0 Å². The minimum Gasteiger partial charge on any atom is -0.497 e. The molecule has 1 aromatic heterocycles. The smallest absolute Gasteiger partial charge is 0.350 e. The molecule has 0 amide bonds. The summed E-state index contributed by atoms with van der Waals surface area (Å²) in [6, 6.07) is 7.21. The van der Waals surface area contributed by atoms with Crippen LogP contribution in [0.1, 0.15) is 18.7 Å². The predicted molar refractivity (Wildman–Crippen MR) is 80.4 cm³/mol. The van der Waals surface area contributed by atoms with Crippen LogP contribution in [-0.2, 0) is 16.1 Å². The fourth-order valence-corrected chi connectivity index (χ4v) is 2.18. The van der Waals surface area contributed by atoms with E-state index in [1.807, 2.05) is 18.2 Å². The fourth-order valence-electron chi connectivity index (χ4n) is 2.18. The quantitative estimate of drug-likeness (QED) is 0.752. The Morgan fingerprint density at radius 3 is 2.77 bits per heavy atom. The number of carbonyl (C=O) groups excluding carboxylic acids is 1. The first-order chi connectivity index (χ1) is 10.6. The zero-order chi connectivity index (χ0) is 16.1. The Morgan fingerprint density at radius 2 is 2.09 bits per heavy atom. The topological polar surface area (TPSA) is 75.3 Å². The molecule has 0 aliphatic carbocycles. The summed E-state index contributed by atoms with van der Waals surface area (Å²) in [5.74, 6) is 0.954. The van der Waals surface area contributed by atoms with Crippen LogP contribution in [0.15, 0.2) is 29.1 Å². The Kier molecular flexibility index (Phi) is 4.98. The van der Waals surface area contributed by atoms with E-state index in [9.17, 15) is 9.59 Å². The first kappa shape index (κ1) is 15.8. The van der Waals surface area contributed by atoms with Crippen LogP contribution >= 0.6 is 0 Å². The molecule has 0 radical (unpaired) electrons. The number of ether oxygens (including phenoxy) is 2. The van der Waals surface area contributed by atoms with E-state index in [0.29, 0.717) is 30.2 Å². The predicted octanol–water partition coefficient (Wildman–Crippen LogP) is 1.30. The monoisotopic (exact) mass is 305 g/mol. The molecule has 0 aliphatic heterocycles. The second-order valence-electron chi connectivity index (χ2n) is 4.77. The van der Waals surface area contributed by atoms with Crippen LogP contribution in [0.4, 0.5) is 0 Å². The lowest BCUT2D eigenvalue weighted by Crippen LogP contribution is -2.24. The lowest BCUT2D eigenvalue weighted by atomic mass is 10.3. The first-order valence-electron chi connectivity index (χ1n) is 6.94. The average Bonchev–Trinajstić information content (AvgIpc) is 2.81. The van der Waals surface area contributed by atoms with Gasteiger partial charge in [0, 0.05) is 19.0 Å². The third kappa shape index (κ3) is 3.36. The molecule has 1 heterocycles. The molecule has 0 fully saturated rings. The van der Waals surface area contributed by atoms with E-state index in [1.165, 1.54) is 16.4 Å². The van der Waals surface area contributed by atoms with Crippen molar-refractivity contribution in [2.45, 2.75) is 26.3 Å². The molecule has 0 saturated heterocycles. The largest absolute Gasteiger partial charge is 0.497 e. The minimum atomic E-state index is -0.294. The molecular weight excluding hydrogens is 286 g/mol. The summed E-state index contributed by atoms with van der Waals surface area (Å²) >= 11 is 0. The molecule has 0 atom stereocenters. The summed E-state index contributed by atoms with van der Waals surface area (Å²) in [7, 11) is 2.92. The highest BCUT2D eigenvalue weighted by Crippen LogP contribution is 2.15. The van der Waals surface area contributed by atoms with Gasteiger partial charge in [-0.05, 0) is 25.5 Å². The van der Waals surface area contributed by atoms with Crippen molar-refractivity contribution in [3.8, 4) is 11.4 Å². The Hall–Kier alpha value is -2.57. The molecule has 0 bridgehead atoms. The van der Waals surface area contributed by atoms with Gasteiger partial charge in [0.15, 0.2) is 0 Å². The number of rotatable bonds is 6. The average molecular weight is 305 g/mol. The molecule has 118 valence electrons. The van der Waals surface area contributed by atoms with Gasteiger partial charge in [-0.2, -0.15) is 5.10 Å². The fraction of sp³-hybridized carbons (Fsp3) is 0.400. The van der Waals surface area contributed by atoms with Gasteiger partial charge in [0.2, 0.25) is 0 Å². The highest BCUT2D eigenvalue weighted by Gasteiger charge is 2.12. The summed E-state index contributed by atoms with van der Waals surface area (Å²) in [6.45, 7) is 2.13. The van der Waals surface area contributed by atoms with Gasteiger partial charge < -0.3 is 9.47 Å². The minimum absolute atomic E-state index is 0.240. The van der Waals surface area contributed by atoms with Crippen LogP contribution in [0.5, 0.6) is 5.75 Å². The number of benzene rings is 1. The summed E-state index contributed by atoms with van der Waals surface area (Å²) in [6.07, 6.45) is 0.759. The summed E-state index contributed by atoms with van der Waals surface area (Å²) < 4.78 is 12.6. The maximum absolute atomic E-state index is 12.4. The van der Waals surface area contributed by atoms with Crippen LogP contribution in [0.25, 0.3) is 5.69 Å². The van der Waals surface area contributed by atoms with Gasteiger partial charge in [-0.3, -0.25) is 4.79 Å². The van der Waals surface area contributed by atoms with Crippen LogP contribution < -0.4 is 10.4 Å². The molecule has 0 N–H and O–H groups in total. The van der Waals surface area contributed by atoms with Gasteiger partial charge in [0.05, 0.1) is 19.9 Å². The molecule has 22 heavy (non-hydrogen) atoms. The number of methoxy groups -OCH3 is 2. The number of aromatic nitrogens is 3. The van der Waals surface area contributed by atoms with Crippen molar-refractivity contribution in [1.82, 2.24) is 14.3 Å². The standard InChI is InChI=1S/C15H19N3O4/c1-11-16-17(9-5-8-14(19)22-3)15(20)18(11)12-6-4-7-13(10-12)21-2/h4,6-7,10H,5,8-9H2,1-3H3.